The second kappa shape index (κ2) is 7.43. The van der Waals surface area contributed by atoms with Crippen molar-refractivity contribution in [2.24, 2.45) is 0 Å². The van der Waals surface area contributed by atoms with Gasteiger partial charge in [0.25, 0.3) is 0 Å². The molecule has 3 rings (SSSR count). The van der Waals surface area contributed by atoms with Crippen molar-refractivity contribution < 1.29 is 27.4 Å². The Bertz CT molecular complexity index is 897. The van der Waals surface area contributed by atoms with Crippen molar-refractivity contribution >= 4 is 10.0 Å². The van der Waals surface area contributed by atoms with Crippen LogP contribution in [0, 0.1) is 0 Å². The van der Waals surface area contributed by atoms with E-state index in [1.807, 2.05) is 0 Å². The molecule has 140 valence electrons. The molecule has 1 aliphatic heterocycles. The molecule has 2 aromatic carbocycles. The van der Waals surface area contributed by atoms with Crippen LogP contribution in [0.2, 0.25) is 0 Å². The summed E-state index contributed by atoms with van der Waals surface area (Å²) in [6.45, 7) is 2.61. The van der Waals surface area contributed by atoms with Gasteiger partial charge in [0.15, 0.2) is 23.0 Å². The highest BCUT2D eigenvalue weighted by Crippen LogP contribution is 2.33. The standard InChI is InChI=1S/C18H21NO6S/c1-12(13-4-6-15(22-2)17(10-13)23-3)19-26(20,21)14-5-7-16-18(11-14)25-9-8-24-16/h4-7,10-12,19H,8-9H2,1-3H3/t12-/m1/s1. The molecule has 7 nitrogen and oxygen atoms in total. The number of hydrogen-bond donors (Lipinski definition) is 1. The Morgan fingerprint density at radius 1 is 0.962 bits per heavy atom. The third-order valence-electron chi connectivity index (χ3n) is 4.06. The van der Waals surface area contributed by atoms with Gasteiger partial charge in [0.05, 0.1) is 19.1 Å². The Hall–Kier alpha value is -2.45. The van der Waals surface area contributed by atoms with Crippen LogP contribution >= 0.6 is 0 Å². The van der Waals surface area contributed by atoms with E-state index in [9.17, 15) is 8.42 Å². The average Bonchev–Trinajstić information content (AvgIpc) is 2.66. The highest BCUT2D eigenvalue weighted by molar-refractivity contribution is 7.89. The maximum atomic E-state index is 12.7. The first-order valence-corrected chi connectivity index (χ1v) is 9.57. The molecule has 0 spiro atoms. The molecule has 1 heterocycles. The van der Waals surface area contributed by atoms with E-state index in [2.05, 4.69) is 4.72 Å². The van der Waals surface area contributed by atoms with E-state index in [-0.39, 0.29) is 4.90 Å². The van der Waals surface area contributed by atoms with E-state index in [1.165, 1.54) is 19.2 Å². The van der Waals surface area contributed by atoms with E-state index in [0.717, 1.165) is 5.56 Å². The van der Waals surface area contributed by atoms with Crippen LogP contribution in [-0.4, -0.2) is 35.9 Å². The van der Waals surface area contributed by atoms with E-state index < -0.39 is 16.1 Å². The molecule has 2 aromatic rings. The molecule has 0 unspecified atom stereocenters. The van der Waals surface area contributed by atoms with E-state index in [4.69, 9.17) is 18.9 Å². The largest absolute Gasteiger partial charge is 0.493 e. The van der Waals surface area contributed by atoms with Crippen molar-refractivity contribution in [3.8, 4) is 23.0 Å². The lowest BCUT2D eigenvalue weighted by molar-refractivity contribution is 0.171. The first kappa shape index (κ1) is 18.3. The van der Waals surface area contributed by atoms with Gasteiger partial charge < -0.3 is 18.9 Å². The fourth-order valence-electron chi connectivity index (χ4n) is 2.68. The number of ether oxygens (including phenoxy) is 4. The van der Waals surface area contributed by atoms with Crippen LogP contribution in [0.3, 0.4) is 0 Å². The highest BCUT2D eigenvalue weighted by atomic mass is 32.2. The molecule has 0 fully saturated rings. The van der Waals surface area contributed by atoms with E-state index in [1.54, 1.807) is 38.3 Å². The van der Waals surface area contributed by atoms with Crippen LogP contribution in [0.25, 0.3) is 0 Å². The molecular weight excluding hydrogens is 358 g/mol. The molecule has 1 atom stereocenters. The normalized spacial score (nSPS) is 14.6. The fourth-order valence-corrected chi connectivity index (χ4v) is 3.93. The molecule has 1 N–H and O–H groups in total. The predicted molar refractivity (Wildman–Crippen MR) is 95.7 cm³/mol. The number of fused-ring (bicyclic) bond motifs is 1. The molecule has 0 aromatic heterocycles. The van der Waals surface area contributed by atoms with Gasteiger partial charge in [0.1, 0.15) is 13.2 Å². The van der Waals surface area contributed by atoms with Crippen LogP contribution < -0.4 is 23.7 Å². The SMILES string of the molecule is COc1ccc([C@@H](C)NS(=O)(=O)c2ccc3c(c2)OCCO3)cc1OC. The van der Waals surface area contributed by atoms with Gasteiger partial charge in [-0.05, 0) is 36.8 Å². The number of methoxy groups -OCH3 is 2. The van der Waals surface area contributed by atoms with E-state index in [0.29, 0.717) is 36.2 Å². The summed E-state index contributed by atoms with van der Waals surface area (Å²) >= 11 is 0. The summed E-state index contributed by atoms with van der Waals surface area (Å²) in [5.41, 5.74) is 0.753. The van der Waals surface area contributed by atoms with Gasteiger partial charge in [-0.3, -0.25) is 0 Å². The van der Waals surface area contributed by atoms with Gasteiger partial charge in [0.2, 0.25) is 10.0 Å². The molecule has 0 amide bonds. The summed E-state index contributed by atoms with van der Waals surface area (Å²) in [5, 5.41) is 0. The zero-order valence-corrected chi connectivity index (χ0v) is 15.6. The molecule has 8 heteroatoms. The molecule has 0 saturated heterocycles. The fraction of sp³-hybridized carbons (Fsp3) is 0.333. The van der Waals surface area contributed by atoms with Gasteiger partial charge in [-0.2, -0.15) is 0 Å². The minimum Gasteiger partial charge on any atom is -0.493 e. The molecular formula is C18H21NO6S. The monoisotopic (exact) mass is 379 g/mol. The third-order valence-corrected chi connectivity index (χ3v) is 5.60. The maximum Gasteiger partial charge on any atom is 0.241 e. The van der Waals surface area contributed by atoms with Crippen molar-refractivity contribution in [2.45, 2.75) is 17.9 Å². The lowest BCUT2D eigenvalue weighted by Gasteiger charge is -2.20. The van der Waals surface area contributed by atoms with Crippen LogP contribution in [0.15, 0.2) is 41.3 Å². The quantitative estimate of drug-likeness (QED) is 0.830. The van der Waals surface area contributed by atoms with Crippen molar-refractivity contribution in [1.29, 1.82) is 0 Å². The summed E-state index contributed by atoms with van der Waals surface area (Å²) in [6, 6.07) is 9.38. The van der Waals surface area contributed by atoms with Crippen molar-refractivity contribution in [2.75, 3.05) is 27.4 Å². The smallest absolute Gasteiger partial charge is 0.241 e. The Kier molecular flexibility index (Phi) is 5.24. The lowest BCUT2D eigenvalue weighted by atomic mass is 10.1. The molecule has 0 saturated carbocycles. The second-order valence-corrected chi connectivity index (χ2v) is 7.48. The minimum atomic E-state index is -3.73. The summed E-state index contributed by atoms with van der Waals surface area (Å²) in [5.74, 6) is 2.09. The first-order valence-electron chi connectivity index (χ1n) is 8.08. The molecule has 26 heavy (non-hydrogen) atoms. The topological polar surface area (TPSA) is 83.1 Å². The average molecular weight is 379 g/mol. The van der Waals surface area contributed by atoms with Gasteiger partial charge >= 0.3 is 0 Å². The zero-order chi connectivity index (χ0) is 18.7. The number of hydrogen-bond acceptors (Lipinski definition) is 6. The Morgan fingerprint density at radius 2 is 1.65 bits per heavy atom. The summed E-state index contributed by atoms with van der Waals surface area (Å²) < 4.78 is 49.5. The second-order valence-electron chi connectivity index (χ2n) is 5.76. The number of nitrogens with one attached hydrogen (secondary N) is 1. The summed E-state index contributed by atoms with van der Waals surface area (Å²) in [6.07, 6.45) is 0. The Labute approximate surface area is 152 Å². The molecule has 1 aliphatic rings. The highest BCUT2D eigenvalue weighted by Gasteiger charge is 2.22. The van der Waals surface area contributed by atoms with Gasteiger partial charge in [0, 0.05) is 12.1 Å². The lowest BCUT2D eigenvalue weighted by Crippen LogP contribution is -2.27. The van der Waals surface area contributed by atoms with Crippen molar-refractivity contribution in [1.82, 2.24) is 4.72 Å². The first-order chi connectivity index (χ1) is 12.4. The number of benzene rings is 2. The molecule has 0 radical (unpaired) electrons. The minimum absolute atomic E-state index is 0.120. The van der Waals surface area contributed by atoms with Gasteiger partial charge in [-0.1, -0.05) is 6.07 Å². The van der Waals surface area contributed by atoms with E-state index >= 15 is 0 Å². The number of rotatable bonds is 6. The maximum absolute atomic E-state index is 12.7. The van der Waals surface area contributed by atoms with Crippen LogP contribution in [0.5, 0.6) is 23.0 Å². The Balaban J connectivity index is 1.83. The van der Waals surface area contributed by atoms with Gasteiger partial charge in [-0.25, -0.2) is 13.1 Å². The molecule has 0 aliphatic carbocycles. The van der Waals surface area contributed by atoms with Crippen molar-refractivity contribution in [3.05, 3.63) is 42.0 Å². The summed E-state index contributed by atoms with van der Waals surface area (Å²) in [4.78, 5) is 0.120. The Morgan fingerprint density at radius 3 is 2.35 bits per heavy atom. The van der Waals surface area contributed by atoms with Gasteiger partial charge in [-0.15, -0.1) is 0 Å². The van der Waals surface area contributed by atoms with Crippen LogP contribution in [0.1, 0.15) is 18.5 Å². The summed E-state index contributed by atoms with van der Waals surface area (Å²) in [7, 11) is -0.653. The van der Waals surface area contributed by atoms with Crippen LogP contribution in [-0.2, 0) is 10.0 Å². The number of sulfonamides is 1. The third kappa shape index (κ3) is 3.71. The zero-order valence-electron chi connectivity index (χ0n) is 14.8. The van der Waals surface area contributed by atoms with Crippen LogP contribution in [0.4, 0.5) is 0 Å². The predicted octanol–water partition coefficient (Wildman–Crippen LogP) is 2.51. The van der Waals surface area contributed by atoms with Crippen molar-refractivity contribution in [3.63, 3.8) is 0 Å². The molecule has 0 bridgehead atoms.